The highest BCUT2D eigenvalue weighted by Crippen LogP contribution is 2.16. The number of nitrogens with zero attached hydrogens (tertiary/aromatic N) is 2. The first-order valence-corrected chi connectivity index (χ1v) is 8.17. The van der Waals surface area contributed by atoms with Crippen molar-refractivity contribution in [2.75, 3.05) is 5.32 Å². The van der Waals surface area contributed by atoms with E-state index in [2.05, 4.69) is 15.3 Å². The average molecular weight is 358 g/mol. The van der Waals surface area contributed by atoms with Crippen LogP contribution in [0, 0.1) is 12.7 Å². The summed E-state index contributed by atoms with van der Waals surface area (Å²) in [5, 5.41) is 3.60. The van der Waals surface area contributed by atoms with Gasteiger partial charge < -0.3 is 10.1 Å². The number of aryl methyl sites for hydroxylation is 1. The monoisotopic (exact) mass is 357 g/mol. The predicted molar refractivity (Wildman–Crippen MR) is 96.3 cm³/mol. The van der Waals surface area contributed by atoms with Crippen LogP contribution in [-0.2, 0) is 13.2 Å². The Bertz CT molecular complexity index is 838. The molecule has 0 spiro atoms. The molecule has 1 aromatic heterocycles. The van der Waals surface area contributed by atoms with Gasteiger partial charge in [-0.25, -0.2) is 9.37 Å². The van der Waals surface area contributed by atoms with Crippen LogP contribution >= 0.6 is 11.6 Å². The number of hydrogen-bond acceptors (Lipinski definition) is 4. The molecule has 1 N–H and O–H groups in total. The van der Waals surface area contributed by atoms with Gasteiger partial charge in [0.15, 0.2) is 11.6 Å². The zero-order chi connectivity index (χ0) is 17.6. The van der Waals surface area contributed by atoms with Crippen molar-refractivity contribution in [3.05, 3.63) is 82.3 Å². The fourth-order valence-electron chi connectivity index (χ4n) is 2.16. The molecule has 0 atom stereocenters. The smallest absolute Gasteiger partial charge is 0.318 e. The highest BCUT2D eigenvalue weighted by atomic mass is 35.5. The van der Waals surface area contributed by atoms with E-state index in [1.54, 1.807) is 12.1 Å². The molecule has 6 heteroatoms. The molecule has 0 aliphatic carbocycles. The summed E-state index contributed by atoms with van der Waals surface area (Å²) < 4.78 is 19.4. The first-order valence-electron chi connectivity index (χ1n) is 7.79. The average Bonchev–Trinajstić information content (AvgIpc) is 2.62. The quantitative estimate of drug-likeness (QED) is 0.690. The maximum atomic E-state index is 13.9. The number of ether oxygens (including phenoxy) is 1. The Hall–Kier alpha value is -2.66. The number of rotatable bonds is 6. The summed E-state index contributed by atoms with van der Waals surface area (Å²) in [5.41, 5.74) is 3.13. The van der Waals surface area contributed by atoms with Crippen LogP contribution in [0.1, 0.15) is 16.7 Å². The maximum absolute atomic E-state index is 13.9. The number of benzene rings is 2. The minimum absolute atomic E-state index is 0.101. The van der Waals surface area contributed by atoms with Crippen LogP contribution in [-0.4, -0.2) is 9.97 Å². The molecule has 1 heterocycles. The number of halogens is 2. The van der Waals surface area contributed by atoms with E-state index in [0.29, 0.717) is 18.2 Å². The molecule has 4 nitrogen and oxygen atoms in total. The number of nitrogens with one attached hydrogen (secondary N) is 1. The fraction of sp³-hybridized carbons (Fsp3) is 0.158. The summed E-state index contributed by atoms with van der Waals surface area (Å²) in [4.78, 5) is 7.96. The van der Waals surface area contributed by atoms with Crippen molar-refractivity contribution in [1.82, 2.24) is 9.97 Å². The van der Waals surface area contributed by atoms with Gasteiger partial charge in [-0.1, -0.05) is 53.6 Å². The van der Waals surface area contributed by atoms with E-state index in [1.165, 1.54) is 5.56 Å². The molecule has 0 fully saturated rings. The molecule has 0 unspecified atom stereocenters. The minimum Gasteiger partial charge on any atom is -0.459 e. The molecular weight excluding hydrogens is 341 g/mol. The second kappa shape index (κ2) is 7.94. The van der Waals surface area contributed by atoms with Crippen molar-refractivity contribution >= 4 is 17.4 Å². The lowest BCUT2D eigenvalue weighted by atomic mass is 10.2. The summed E-state index contributed by atoms with van der Waals surface area (Å²) in [7, 11) is 0. The second-order valence-electron chi connectivity index (χ2n) is 5.60. The lowest BCUT2D eigenvalue weighted by Gasteiger charge is -2.09. The zero-order valence-electron chi connectivity index (χ0n) is 13.7. The third kappa shape index (κ3) is 4.90. The number of anilines is 1. The topological polar surface area (TPSA) is 47.0 Å². The first kappa shape index (κ1) is 17.2. The van der Waals surface area contributed by atoms with E-state index in [4.69, 9.17) is 16.3 Å². The van der Waals surface area contributed by atoms with Crippen LogP contribution in [0.5, 0.6) is 6.01 Å². The molecule has 0 saturated carbocycles. The van der Waals surface area contributed by atoms with Crippen LogP contribution in [0.25, 0.3) is 0 Å². The van der Waals surface area contributed by atoms with E-state index in [1.807, 2.05) is 43.3 Å². The van der Waals surface area contributed by atoms with Crippen molar-refractivity contribution in [2.24, 2.45) is 0 Å². The largest absolute Gasteiger partial charge is 0.459 e. The van der Waals surface area contributed by atoms with Gasteiger partial charge in [-0.15, -0.1) is 0 Å². The molecule has 3 aromatic rings. The molecule has 0 bridgehead atoms. The highest BCUT2D eigenvalue weighted by molar-refractivity contribution is 6.30. The van der Waals surface area contributed by atoms with Crippen LogP contribution in [0.4, 0.5) is 10.2 Å². The van der Waals surface area contributed by atoms with Crippen molar-refractivity contribution in [1.29, 1.82) is 0 Å². The van der Waals surface area contributed by atoms with Gasteiger partial charge in [-0.3, -0.25) is 0 Å². The van der Waals surface area contributed by atoms with E-state index in [-0.39, 0.29) is 11.8 Å². The molecule has 3 rings (SSSR count). The van der Waals surface area contributed by atoms with Gasteiger partial charge in [0.1, 0.15) is 6.61 Å². The van der Waals surface area contributed by atoms with Gasteiger partial charge in [-0.05, 0) is 30.2 Å². The molecule has 0 aliphatic rings. The second-order valence-corrected chi connectivity index (χ2v) is 6.04. The normalized spacial score (nSPS) is 10.5. The summed E-state index contributed by atoms with van der Waals surface area (Å²) in [5.74, 6) is -0.430. The highest BCUT2D eigenvalue weighted by Gasteiger charge is 2.08. The lowest BCUT2D eigenvalue weighted by Crippen LogP contribution is -2.07. The fourth-order valence-corrected chi connectivity index (χ4v) is 2.29. The molecule has 0 saturated heterocycles. The van der Waals surface area contributed by atoms with Gasteiger partial charge >= 0.3 is 6.01 Å². The third-order valence-corrected chi connectivity index (χ3v) is 3.84. The van der Waals surface area contributed by atoms with Crippen LogP contribution in [0.15, 0.2) is 54.7 Å². The Balaban J connectivity index is 1.63. The number of aromatic nitrogens is 2. The third-order valence-electron chi connectivity index (χ3n) is 3.58. The van der Waals surface area contributed by atoms with Gasteiger partial charge in [0.2, 0.25) is 0 Å². The van der Waals surface area contributed by atoms with E-state index < -0.39 is 5.82 Å². The van der Waals surface area contributed by atoms with Gasteiger partial charge in [0, 0.05) is 11.6 Å². The molecular formula is C19H17ClFN3O. The van der Waals surface area contributed by atoms with Crippen LogP contribution in [0.3, 0.4) is 0 Å². The Morgan fingerprint density at radius 1 is 1.04 bits per heavy atom. The van der Waals surface area contributed by atoms with Crippen LogP contribution in [0.2, 0.25) is 5.02 Å². The first-order chi connectivity index (χ1) is 12.1. The molecule has 0 radical (unpaired) electrons. The summed E-state index contributed by atoms with van der Waals surface area (Å²) >= 11 is 5.85. The van der Waals surface area contributed by atoms with Crippen molar-refractivity contribution < 1.29 is 9.13 Å². The minimum atomic E-state index is -0.531. The molecule has 25 heavy (non-hydrogen) atoms. The van der Waals surface area contributed by atoms with Crippen molar-refractivity contribution in [3.8, 4) is 6.01 Å². The number of hydrogen-bond donors (Lipinski definition) is 1. The lowest BCUT2D eigenvalue weighted by molar-refractivity contribution is 0.280. The molecule has 2 aromatic carbocycles. The van der Waals surface area contributed by atoms with Gasteiger partial charge in [0.25, 0.3) is 0 Å². The summed E-state index contributed by atoms with van der Waals surface area (Å²) in [6.45, 7) is 2.76. The SMILES string of the molecule is Cc1ccc(COc2ncc(F)c(NCc3ccc(Cl)cc3)n2)cc1. The molecule has 0 amide bonds. The van der Waals surface area contributed by atoms with E-state index >= 15 is 0 Å². The Morgan fingerprint density at radius 2 is 1.72 bits per heavy atom. The summed E-state index contributed by atoms with van der Waals surface area (Å²) in [6, 6.07) is 15.4. The van der Waals surface area contributed by atoms with E-state index in [9.17, 15) is 4.39 Å². The molecule has 128 valence electrons. The van der Waals surface area contributed by atoms with Crippen molar-refractivity contribution in [2.45, 2.75) is 20.1 Å². The predicted octanol–water partition coefficient (Wildman–Crippen LogP) is 4.77. The Morgan fingerprint density at radius 3 is 2.44 bits per heavy atom. The maximum Gasteiger partial charge on any atom is 0.318 e. The van der Waals surface area contributed by atoms with Crippen molar-refractivity contribution in [3.63, 3.8) is 0 Å². The summed E-state index contributed by atoms with van der Waals surface area (Å²) in [6.07, 6.45) is 1.10. The Kier molecular flexibility index (Phi) is 5.46. The Labute approximate surface area is 150 Å². The zero-order valence-corrected chi connectivity index (χ0v) is 14.4. The van der Waals surface area contributed by atoms with Gasteiger partial charge in [0.05, 0.1) is 6.20 Å². The standard InChI is InChI=1S/C19H17ClFN3O/c1-13-2-4-15(5-3-13)12-25-19-23-11-17(21)18(24-19)22-10-14-6-8-16(20)9-7-14/h2-9,11H,10,12H2,1H3,(H,22,23,24). The van der Waals surface area contributed by atoms with Crippen LogP contribution < -0.4 is 10.1 Å². The molecule has 0 aliphatic heterocycles. The van der Waals surface area contributed by atoms with E-state index in [0.717, 1.165) is 17.3 Å². The van der Waals surface area contributed by atoms with Gasteiger partial charge in [-0.2, -0.15) is 4.98 Å².